The quantitative estimate of drug-likeness (QED) is 0.678. The van der Waals surface area contributed by atoms with E-state index in [4.69, 9.17) is 0 Å². The molecular weight excluding hydrogens is 400 g/mol. The highest BCUT2D eigenvalue weighted by molar-refractivity contribution is 7.89. The molecule has 1 N–H and O–H groups in total. The van der Waals surface area contributed by atoms with Crippen molar-refractivity contribution in [3.05, 3.63) is 70.3 Å². The number of rotatable bonds is 5. The van der Waals surface area contributed by atoms with E-state index < -0.39 is 10.0 Å². The van der Waals surface area contributed by atoms with Gasteiger partial charge in [-0.2, -0.15) is 4.31 Å². The van der Waals surface area contributed by atoms with Gasteiger partial charge in [0.2, 0.25) is 10.0 Å². The molecule has 0 spiro atoms. The van der Waals surface area contributed by atoms with Gasteiger partial charge >= 0.3 is 0 Å². The molecule has 1 unspecified atom stereocenters. The Morgan fingerprint density at radius 3 is 2.37 bits per heavy atom. The molecule has 1 aliphatic heterocycles. The molecule has 1 aliphatic rings. The maximum Gasteiger partial charge on any atom is 0.258 e. The highest BCUT2D eigenvalue weighted by Crippen LogP contribution is 2.23. The summed E-state index contributed by atoms with van der Waals surface area (Å²) in [6, 6.07) is 14.3. The fourth-order valence-electron chi connectivity index (χ4n) is 3.85. The molecule has 0 aliphatic carbocycles. The van der Waals surface area contributed by atoms with Crippen LogP contribution in [0.2, 0.25) is 0 Å². The van der Waals surface area contributed by atoms with Crippen molar-refractivity contribution in [2.24, 2.45) is 0 Å². The molecule has 0 bridgehead atoms. The molecule has 30 heavy (non-hydrogen) atoms. The Morgan fingerprint density at radius 1 is 1.03 bits per heavy atom. The summed E-state index contributed by atoms with van der Waals surface area (Å²) >= 11 is 0. The maximum absolute atomic E-state index is 13.0. The van der Waals surface area contributed by atoms with Crippen LogP contribution >= 0.6 is 0 Å². The minimum Gasteiger partial charge on any atom is -0.309 e. The number of piperazine rings is 1. The van der Waals surface area contributed by atoms with Crippen LogP contribution in [0.4, 0.5) is 0 Å². The summed E-state index contributed by atoms with van der Waals surface area (Å²) in [7, 11) is -3.50. The Kier molecular flexibility index (Phi) is 5.73. The number of aromatic nitrogens is 2. The summed E-state index contributed by atoms with van der Waals surface area (Å²) in [5.41, 5.74) is 1.63. The zero-order valence-corrected chi connectivity index (χ0v) is 18.0. The molecule has 1 saturated heterocycles. The number of nitrogens with one attached hydrogen (secondary N) is 1. The van der Waals surface area contributed by atoms with Gasteiger partial charge in [-0.1, -0.05) is 31.2 Å². The van der Waals surface area contributed by atoms with E-state index in [-0.39, 0.29) is 11.6 Å². The first kappa shape index (κ1) is 20.7. The van der Waals surface area contributed by atoms with E-state index in [9.17, 15) is 13.2 Å². The van der Waals surface area contributed by atoms with E-state index in [2.05, 4.69) is 14.9 Å². The van der Waals surface area contributed by atoms with Gasteiger partial charge in [0, 0.05) is 26.2 Å². The fraction of sp³-hybridized carbons (Fsp3) is 0.364. The molecule has 7 nitrogen and oxygen atoms in total. The monoisotopic (exact) mass is 426 g/mol. The molecule has 4 rings (SSSR count). The Balaban J connectivity index is 1.48. The third kappa shape index (κ3) is 3.90. The van der Waals surface area contributed by atoms with Gasteiger partial charge in [-0.25, -0.2) is 13.4 Å². The van der Waals surface area contributed by atoms with Crippen LogP contribution in [0, 0.1) is 0 Å². The van der Waals surface area contributed by atoms with Gasteiger partial charge < -0.3 is 4.98 Å². The van der Waals surface area contributed by atoms with E-state index in [1.807, 2.05) is 44.2 Å². The normalized spacial score (nSPS) is 17.3. The Hall–Kier alpha value is -2.55. The number of nitrogens with zero attached hydrogens (tertiary/aromatic N) is 3. The van der Waals surface area contributed by atoms with E-state index in [0.29, 0.717) is 47.8 Å². The number of aromatic amines is 1. The molecule has 0 saturated carbocycles. The molecule has 1 aromatic heterocycles. The minimum absolute atomic E-state index is 0.115. The van der Waals surface area contributed by atoms with Crippen molar-refractivity contribution in [2.45, 2.75) is 31.2 Å². The molecule has 2 aromatic carbocycles. The zero-order valence-electron chi connectivity index (χ0n) is 17.2. The van der Waals surface area contributed by atoms with E-state index >= 15 is 0 Å². The molecule has 8 heteroatoms. The molecule has 3 aromatic rings. The van der Waals surface area contributed by atoms with Crippen LogP contribution in [0.3, 0.4) is 0 Å². The van der Waals surface area contributed by atoms with Gasteiger partial charge in [0.05, 0.1) is 21.8 Å². The first-order valence-electron chi connectivity index (χ1n) is 10.2. The third-order valence-electron chi connectivity index (χ3n) is 5.82. The second-order valence-corrected chi connectivity index (χ2v) is 9.52. The SMILES string of the molecule is CCc1ccc(S(=O)(=O)N2CCN(C(C)c3nc4ccccc4c(=O)[nH]3)CC2)cc1. The minimum atomic E-state index is -3.50. The second kappa shape index (κ2) is 8.29. The highest BCUT2D eigenvalue weighted by Gasteiger charge is 2.31. The Labute approximate surface area is 176 Å². The summed E-state index contributed by atoms with van der Waals surface area (Å²) in [6.07, 6.45) is 0.877. The lowest BCUT2D eigenvalue weighted by molar-refractivity contribution is 0.141. The number of hydrogen-bond acceptors (Lipinski definition) is 5. The van der Waals surface area contributed by atoms with Gasteiger partial charge in [-0.3, -0.25) is 9.69 Å². The highest BCUT2D eigenvalue weighted by atomic mass is 32.2. The van der Waals surface area contributed by atoms with E-state index in [0.717, 1.165) is 12.0 Å². The van der Waals surface area contributed by atoms with Crippen molar-refractivity contribution in [3.8, 4) is 0 Å². The summed E-state index contributed by atoms with van der Waals surface area (Å²) in [5, 5.41) is 0.568. The number of para-hydroxylation sites is 1. The Morgan fingerprint density at radius 2 is 1.70 bits per heavy atom. The van der Waals surface area contributed by atoms with Crippen LogP contribution in [-0.4, -0.2) is 53.8 Å². The number of fused-ring (bicyclic) bond motifs is 1. The topological polar surface area (TPSA) is 86.4 Å². The average molecular weight is 427 g/mol. The predicted octanol–water partition coefficient (Wildman–Crippen LogP) is 2.55. The number of aryl methyl sites for hydroxylation is 1. The Bertz CT molecular complexity index is 1200. The van der Waals surface area contributed by atoms with Crippen LogP contribution in [0.15, 0.2) is 58.2 Å². The van der Waals surface area contributed by atoms with Gasteiger partial charge in [0.25, 0.3) is 5.56 Å². The molecule has 2 heterocycles. The largest absolute Gasteiger partial charge is 0.309 e. The number of hydrogen-bond donors (Lipinski definition) is 1. The zero-order chi connectivity index (χ0) is 21.3. The second-order valence-electron chi connectivity index (χ2n) is 7.58. The van der Waals surface area contributed by atoms with Crippen LogP contribution in [0.5, 0.6) is 0 Å². The van der Waals surface area contributed by atoms with Crippen molar-refractivity contribution in [1.29, 1.82) is 0 Å². The van der Waals surface area contributed by atoms with Crippen molar-refractivity contribution in [1.82, 2.24) is 19.2 Å². The molecule has 0 radical (unpaired) electrons. The van der Waals surface area contributed by atoms with Crippen LogP contribution < -0.4 is 5.56 Å². The van der Waals surface area contributed by atoms with E-state index in [1.165, 1.54) is 4.31 Å². The number of benzene rings is 2. The lowest BCUT2D eigenvalue weighted by Crippen LogP contribution is -2.49. The van der Waals surface area contributed by atoms with Crippen molar-refractivity contribution < 1.29 is 8.42 Å². The van der Waals surface area contributed by atoms with Gasteiger partial charge in [-0.05, 0) is 43.2 Å². The summed E-state index contributed by atoms with van der Waals surface area (Å²) < 4.78 is 27.5. The predicted molar refractivity (Wildman–Crippen MR) is 117 cm³/mol. The first-order chi connectivity index (χ1) is 14.4. The summed E-state index contributed by atoms with van der Waals surface area (Å²) in [6.45, 7) is 5.98. The third-order valence-corrected chi connectivity index (χ3v) is 7.73. The average Bonchev–Trinajstić information content (AvgIpc) is 2.78. The molecule has 0 amide bonds. The molecule has 1 atom stereocenters. The fourth-order valence-corrected chi connectivity index (χ4v) is 5.27. The van der Waals surface area contributed by atoms with Gasteiger partial charge in [-0.15, -0.1) is 0 Å². The van der Waals surface area contributed by atoms with Crippen molar-refractivity contribution in [2.75, 3.05) is 26.2 Å². The van der Waals surface area contributed by atoms with Crippen LogP contribution in [-0.2, 0) is 16.4 Å². The maximum atomic E-state index is 13.0. The molecule has 158 valence electrons. The smallest absolute Gasteiger partial charge is 0.258 e. The standard InChI is InChI=1S/C22H26N4O3S/c1-3-17-8-10-18(11-9-17)30(28,29)26-14-12-25(13-15-26)16(2)21-23-20-7-5-4-6-19(20)22(27)24-21/h4-11,16H,3,12-15H2,1-2H3,(H,23,24,27). The molecule has 1 fully saturated rings. The van der Waals surface area contributed by atoms with Crippen molar-refractivity contribution >= 4 is 20.9 Å². The number of H-pyrrole nitrogens is 1. The van der Waals surface area contributed by atoms with Crippen LogP contribution in [0.25, 0.3) is 10.9 Å². The van der Waals surface area contributed by atoms with Crippen molar-refractivity contribution in [3.63, 3.8) is 0 Å². The lowest BCUT2D eigenvalue weighted by atomic mass is 10.2. The van der Waals surface area contributed by atoms with E-state index in [1.54, 1.807) is 18.2 Å². The summed E-state index contributed by atoms with van der Waals surface area (Å²) in [4.78, 5) is 22.4. The lowest BCUT2D eigenvalue weighted by Gasteiger charge is -2.37. The molecular formula is C22H26N4O3S. The van der Waals surface area contributed by atoms with Gasteiger partial charge in [0.15, 0.2) is 0 Å². The van der Waals surface area contributed by atoms with Crippen LogP contribution in [0.1, 0.15) is 31.3 Å². The number of sulfonamides is 1. The summed E-state index contributed by atoms with van der Waals surface area (Å²) in [5.74, 6) is 0.602. The van der Waals surface area contributed by atoms with Gasteiger partial charge in [0.1, 0.15) is 5.82 Å². The first-order valence-corrected chi connectivity index (χ1v) is 11.7.